The first-order valence-electron chi connectivity index (χ1n) is 5.73. The van der Waals surface area contributed by atoms with Gasteiger partial charge in [0, 0.05) is 19.3 Å². The summed E-state index contributed by atoms with van der Waals surface area (Å²) in [6, 6.07) is 6.86. The number of nitrogens with zero attached hydrogens (tertiary/aromatic N) is 1. The molecular formula is C12H16N2O3S. The van der Waals surface area contributed by atoms with Crippen molar-refractivity contribution < 1.29 is 13.2 Å². The van der Waals surface area contributed by atoms with Gasteiger partial charge in [-0.05, 0) is 25.5 Å². The summed E-state index contributed by atoms with van der Waals surface area (Å²) in [6.45, 7) is 2.54. The number of ether oxygens (including phenoxy) is 1. The molecular weight excluding hydrogens is 252 g/mol. The van der Waals surface area contributed by atoms with Crippen LogP contribution in [0.3, 0.4) is 0 Å². The minimum atomic E-state index is -3.43. The lowest BCUT2D eigenvalue weighted by Gasteiger charge is -2.07. The average molecular weight is 268 g/mol. The van der Waals surface area contributed by atoms with E-state index >= 15 is 0 Å². The number of nitrogens with one attached hydrogen (secondary N) is 1. The Labute approximate surface area is 107 Å². The largest absolute Gasteiger partial charge is 0.385 e. The summed E-state index contributed by atoms with van der Waals surface area (Å²) in [5.41, 5.74) is 0.641. The van der Waals surface area contributed by atoms with E-state index < -0.39 is 10.0 Å². The lowest BCUT2D eigenvalue weighted by Crippen LogP contribution is -2.23. The number of sulfonamides is 1. The zero-order chi connectivity index (χ0) is 13.2. The smallest absolute Gasteiger partial charge is 0.263 e. The number of rotatable bonds is 4. The minimum absolute atomic E-state index is 0.00815. The monoisotopic (exact) mass is 268 g/mol. The second-order valence-corrected chi connectivity index (χ2v) is 5.86. The summed E-state index contributed by atoms with van der Waals surface area (Å²) in [7, 11) is -1.80. The van der Waals surface area contributed by atoms with Crippen LogP contribution in [-0.2, 0) is 14.8 Å². The molecule has 6 heteroatoms. The molecule has 0 fully saturated rings. The van der Waals surface area contributed by atoms with Crippen LogP contribution >= 0.6 is 0 Å². The van der Waals surface area contributed by atoms with E-state index in [0.29, 0.717) is 22.9 Å². The van der Waals surface area contributed by atoms with E-state index in [0.717, 1.165) is 6.42 Å². The standard InChI is InChI=1S/C12H16N2O3S/c1-9(7-8-17-2)13-12-10-5-3-4-6-11(10)18(15,16)14-12/h3-6,9H,7-8H2,1-2H3,(H,13,14). The van der Waals surface area contributed by atoms with Crippen molar-refractivity contribution >= 4 is 15.9 Å². The van der Waals surface area contributed by atoms with Gasteiger partial charge < -0.3 is 4.74 Å². The van der Waals surface area contributed by atoms with Crippen LogP contribution < -0.4 is 4.72 Å². The van der Waals surface area contributed by atoms with Crippen LogP contribution in [0.25, 0.3) is 0 Å². The van der Waals surface area contributed by atoms with Crippen LogP contribution in [0.5, 0.6) is 0 Å². The van der Waals surface area contributed by atoms with Crippen molar-refractivity contribution in [3.8, 4) is 0 Å². The third kappa shape index (κ3) is 2.54. The molecule has 0 aliphatic carbocycles. The van der Waals surface area contributed by atoms with E-state index in [1.165, 1.54) is 0 Å². The van der Waals surface area contributed by atoms with Crippen LogP contribution in [0.2, 0.25) is 0 Å². The Bertz CT molecular complexity index is 566. The molecule has 5 nitrogen and oxygen atoms in total. The summed E-state index contributed by atoms with van der Waals surface area (Å²) < 4.78 is 31.1. The zero-order valence-corrected chi connectivity index (χ0v) is 11.2. The fourth-order valence-corrected chi connectivity index (χ4v) is 3.04. The van der Waals surface area contributed by atoms with E-state index in [4.69, 9.17) is 4.74 Å². The molecule has 2 rings (SSSR count). The first-order chi connectivity index (χ1) is 8.54. The first kappa shape index (κ1) is 13.0. The van der Waals surface area contributed by atoms with Gasteiger partial charge in [-0.2, -0.15) is 0 Å². The highest BCUT2D eigenvalue weighted by Gasteiger charge is 2.30. The van der Waals surface area contributed by atoms with E-state index in [2.05, 4.69) is 9.71 Å². The predicted octanol–water partition coefficient (Wildman–Crippen LogP) is 1.15. The summed E-state index contributed by atoms with van der Waals surface area (Å²) in [6.07, 6.45) is 0.754. The van der Waals surface area contributed by atoms with Gasteiger partial charge in [-0.25, -0.2) is 8.42 Å². The second-order valence-electron chi connectivity index (χ2n) is 4.21. The number of amidine groups is 1. The molecule has 0 spiro atoms. The quantitative estimate of drug-likeness (QED) is 0.890. The Morgan fingerprint density at radius 1 is 1.39 bits per heavy atom. The maximum atomic E-state index is 11.8. The van der Waals surface area contributed by atoms with Crippen LogP contribution in [0, 0.1) is 0 Å². The molecule has 0 aromatic heterocycles. The zero-order valence-electron chi connectivity index (χ0n) is 10.4. The fourth-order valence-electron chi connectivity index (χ4n) is 1.80. The summed E-state index contributed by atoms with van der Waals surface area (Å²) in [5, 5.41) is 0. The van der Waals surface area contributed by atoms with Crippen molar-refractivity contribution in [3.05, 3.63) is 29.8 Å². The Hall–Kier alpha value is -1.40. The van der Waals surface area contributed by atoms with Gasteiger partial charge in [0.15, 0.2) is 0 Å². The number of fused-ring (bicyclic) bond motifs is 1. The Kier molecular flexibility index (Phi) is 3.68. The molecule has 0 amide bonds. The lowest BCUT2D eigenvalue weighted by atomic mass is 10.2. The summed E-state index contributed by atoms with van der Waals surface area (Å²) >= 11 is 0. The Morgan fingerprint density at radius 3 is 2.83 bits per heavy atom. The van der Waals surface area contributed by atoms with Gasteiger partial charge in [-0.15, -0.1) is 0 Å². The molecule has 1 unspecified atom stereocenters. The highest BCUT2D eigenvalue weighted by Crippen LogP contribution is 2.22. The van der Waals surface area contributed by atoms with Crippen LogP contribution in [0.1, 0.15) is 18.9 Å². The van der Waals surface area contributed by atoms with Gasteiger partial charge in [-0.1, -0.05) is 12.1 Å². The third-order valence-corrected chi connectivity index (χ3v) is 4.15. The highest BCUT2D eigenvalue weighted by atomic mass is 32.2. The number of aliphatic imine (C=N–C) groups is 1. The Morgan fingerprint density at radius 2 is 2.11 bits per heavy atom. The summed E-state index contributed by atoms with van der Waals surface area (Å²) in [5.74, 6) is 0.425. The van der Waals surface area contributed by atoms with Crippen molar-refractivity contribution in [1.29, 1.82) is 0 Å². The number of methoxy groups -OCH3 is 1. The van der Waals surface area contributed by atoms with E-state index in [1.807, 2.05) is 6.92 Å². The first-order valence-corrected chi connectivity index (χ1v) is 7.22. The number of hydrogen-bond acceptors (Lipinski definition) is 4. The van der Waals surface area contributed by atoms with Gasteiger partial charge >= 0.3 is 0 Å². The van der Waals surface area contributed by atoms with Crippen LogP contribution in [-0.4, -0.2) is 34.0 Å². The minimum Gasteiger partial charge on any atom is -0.385 e. The fraction of sp³-hybridized carbons (Fsp3) is 0.417. The van der Waals surface area contributed by atoms with Gasteiger partial charge in [-0.3, -0.25) is 9.71 Å². The van der Waals surface area contributed by atoms with Crippen LogP contribution in [0.15, 0.2) is 34.2 Å². The molecule has 0 saturated heterocycles. The molecule has 1 atom stereocenters. The predicted molar refractivity (Wildman–Crippen MR) is 69.3 cm³/mol. The molecule has 1 aliphatic rings. The number of hydrogen-bond donors (Lipinski definition) is 1. The molecule has 0 radical (unpaired) electrons. The normalized spacial score (nSPS) is 20.4. The topological polar surface area (TPSA) is 67.8 Å². The molecule has 0 bridgehead atoms. The van der Waals surface area contributed by atoms with Gasteiger partial charge in [0.05, 0.1) is 10.9 Å². The van der Waals surface area contributed by atoms with E-state index in [-0.39, 0.29) is 6.04 Å². The highest BCUT2D eigenvalue weighted by molar-refractivity contribution is 7.90. The SMILES string of the molecule is COCCC(C)N=C1NS(=O)(=O)c2ccccc21. The number of benzene rings is 1. The summed E-state index contributed by atoms with van der Waals surface area (Å²) in [4.78, 5) is 4.69. The van der Waals surface area contributed by atoms with Crippen LogP contribution in [0.4, 0.5) is 0 Å². The molecule has 98 valence electrons. The maximum Gasteiger partial charge on any atom is 0.263 e. The molecule has 1 heterocycles. The van der Waals surface area contributed by atoms with Crippen molar-refractivity contribution in [2.75, 3.05) is 13.7 Å². The lowest BCUT2D eigenvalue weighted by molar-refractivity contribution is 0.190. The molecule has 0 saturated carbocycles. The molecule has 18 heavy (non-hydrogen) atoms. The van der Waals surface area contributed by atoms with Crippen molar-refractivity contribution in [1.82, 2.24) is 4.72 Å². The van der Waals surface area contributed by atoms with Crippen molar-refractivity contribution in [2.24, 2.45) is 4.99 Å². The van der Waals surface area contributed by atoms with Gasteiger partial charge in [0.1, 0.15) is 5.84 Å². The molecule has 1 aromatic rings. The molecule has 1 N–H and O–H groups in total. The van der Waals surface area contributed by atoms with Crippen molar-refractivity contribution in [3.63, 3.8) is 0 Å². The van der Waals surface area contributed by atoms with Gasteiger partial charge in [0.25, 0.3) is 10.0 Å². The third-order valence-electron chi connectivity index (χ3n) is 2.75. The second kappa shape index (κ2) is 5.07. The van der Waals surface area contributed by atoms with E-state index in [1.54, 1.807) is 31.4 Å². The van der Waals surface area contributed by atoms with E-state index in [9.17, 15) is 8.42 Å². The average Bonchev–Trinajstić information content (AvgIpc) is 2.59. The molecule has 1 aromatic carbocycles. The molecule has 1 aliphatic heterocycles. The van der Waals surface area contributed by atoms with Gasteiger partial charge in [0.2, 0.25) is 0 Å². The maximum absolute atomic E-state index is 11.8. The Balaban J connectivity index is 2.30. The van der Waals surface area contributed by atoms with Crippen molar-refractivity contribution in [2.45, 2.75) is 24.3 Å².